The largest absolute Gasteiger partial charge is 0.507 e. The fraction of sp³-hybridized carbons (Fsp3) is 0.111. The predicted molar refractivity (Wildman–Crippen MR) is 55.3 cm³/mol. The monoisotopic (exact) mass is 231 g/mol. The van der Waals surface area contributed by atoms with Crippen LogP contribution in [0.5, 0.6) is 5.75 Å². The fourth-order valence-corrected chi connectivity index (χ4v) is 0.917. The van der Waals surface area contributed by atoms with Gasteiger partial charge < -0.3 is 15.5 Å². The quantitative estimate of drug-likeness (QED) is 0.712. The lowest BCUT2D eigenvalue weighted by Crippen LogP contribution is -2.29. The lowest BCUT2D eigenvalue weighted by molar-refractivity contribution is -0.135. The van der Waals surface area contributed by atoms with Gasteiger partial charge in [-0.2, -0.15) is 0 Å². The summed E-state index contributed by atoms with van der Waals surface area (Å²) in [5.74, 6) is -1.91. The molecule has 1 amide bonds. The predicted octanol–water partition coefficient (Wildman–Crippen LogP) is 0.628. The second kappa shape index (κ2) is 5.87. The van der Waals surface area contributed by atoms with E-state index in [1.54, 1.807) is 12.1 Å². The molecule has 0 radical (unpaired) electrons. The van der Waals surface area contributed by atoms with Crippen molar-refractivity contribution in [3.63, 3.8) is 0 Å². The van der Waals surface area contributed by atoms with Crippen molar-refractivity contribution in [3.05, 3.63) is 29.8 Å². The normalized spacial score (nSPS) is 8.80. The van der Waals surface area contributed by atoms with E-state index >= 15 is 0 Å². The van der Waals surface area contributed by atoms with E-state index in [-0.39, 0.29) is 23.7 Å². The van der Waals surface area contributed by atoms with Crippen LogP contribution in [-0.4, -0.2) is 28.6 Å². The minimum atomic E-state index is -1.13. The smallest absolute Gasteiger partial charge is 0.322 e. The summed E-state index contributed by atoms with van der Waals surface area (Å²) >= 11 is 0. The number of nitrogens with one attached hydrogen (secondary N) is 1. The van der Waals surface area contributed by atoms with Crippen molar-refractivity contribution in [2.24, 2.45) is 0 Å². The van der Waals surface area contributed by atoms with E-state index in [0.717, 1.165) is 0 Å². The van der Waals surface area contributed by atoms with E-state index in [4.69, 9.17) is 5.11 Å². The summed E-state index contributed by atoms with van der Waals surface area (Å²) < 4.78 is 0. The first kappa shape index (κ1) is 13.2. The Morgan fingerprint density at radius 3 is 2.40 bits per heavy atom. The van der Waals surface area contributed by atoms with Crippen LogP contribution in [0.15, 0.2) is 24.3 Å². The zero-order valence-electron chi connectivity index (χ0n) is 7.64. The highest BCUT2D eigenvalue weighted by Gasteiger charge is 2.10. The number of carboxylic acids is 1. The Labute approximate surface area is 92.1 Å². The van der Waals surface area contributed by atoms with Gasteiger partial charge in [0.15, 0.2) is 0 Å². The Kier molecular flexibility index (Phi) is 5.19. The number of hydrogen-bond donors (Lipinski definition) is 3. The number of carbonyl (C=O) groups excluding carboxylic acids is 1. The molecule has 0 atom stereocenters. The van der Waals surface area contributed by atoms with Crippen LogP contribution in [0.1, 0.15) is 10.4 Å². The van der Waals surface area contributed by atoms with E-state index in [9.17, 15) is 14.7 Å². The number of para-hydroxylation sites is 1. The molecule has 0 heterocycles. The molecule has 6 heteroatoms. The third kappa shape index (κ3) is 3.86. The van der Waals surface area contributed by atoms with Gasteiger partial charge in [-0.15, -0.1) is 12.4 Å². The Hall–Kier alpha value is -1.75. The molecule has 0 fully saturated rings. The first-order valence-electron chi connectivity index (χ1n) is 3.89. The Morgan fingerprint density at radius 2 is 1.87 bits per heavy atom. The maximum Gasteiger partial charge on any atom is 0.322 e. The zero-order valence-corrected chi connectivity index (χ0v) is 8.45. The Morgan fingerprint density at radius 1 is 1.27 bits per heavy atom. The van der Waals surface area contributed by atoms with Crippen LogP contribution in [-0.2, 0) is 4.79 Å². The molecule has 3 N–H and O–H groups in total. The summed E-state index contributed by atoms with van der Waals surface area (Å²) in [6.45, 7) is -0.465. The summed E-state index contributed by atoms with van der Waals surface area (Å²) in [5.41, 5.74) is 0.0637. The number of aliphatic carboxylic acids is 1. The number of phenolic OH excluding ortho intramolecular Hbond substituents is 1. The molecule has 0 saturated carbocycles. The molecular weight excluding hydrogens is 222 g/mol. The second-order valence-corrected chi connectivity index (χ2v) is 2.59. The third-order valence-electron chi connectivity index (χ3n) is 1.55. The molecule has 0 aliphatic heterocycles. The molecule has 0 aromatic heterocycles. The molecular formula is C9H10ClNO4. The zero-order chi connectivity index (χ0) is 10.6. The molecule has 5 nitrogen and oxygen atoms in total. The average molecular weight is 232 g/mol. The van der Waals surface area contributed by atoms with Crippen LogP contribution in [0.2, 0.25) is 0 Å². The highest BCUT2D eigenvalue weighted by molar-refractivity contribution is 5.98. The minimum absolute atomic E-state index is 0. The highest BCUT2D eigenvalue weighted by Crippen LogP contribution is 2.14. The number of rotatable bonds is 3. The molecule has 0 aliphatic rings. The van der Waals surface area contributed by atoms with Crippen LogP contribution >= 0.6 is 12.4 Å². The number of phenols is 1. The number of carbonyl (C=O) groups is 2. The number of amides is 1. The average Bonchev–Trinajstić information content (AvgIpc) is 2.15. The lowest BCUT2D eigenvalue weighted by atomic mass is 10.2. The van der Waals surface area contributed by atoms with Crippen molar-refractivity contribution in [2.45, 2.75) is 0 Å². The summed E-state index contributed by atoms with van der Waals surface area (Å²) in [7, 11) is 0. The summed E-state index contributed by atoms with van der Waals surface area (Å²) in [6.07, 6.45) is 0. The lowest BCUT2D eigenvalue weighted by Gasteiger charge is -2.03. The molecule has 0 aliphatic carbocycles. The molecule has 0 spiro atoms. The van der Waals surface area contributed by atoms with Crippen molar-refractivity contribution in [1.29, 1.82) is 0 Å². The maximum absolute atomic E-state index is 11.2. The first-order chi connectivity index (χ1) is 6.61. The van der Waals surface area contributed by atoms with Gasteiger partial charge in [0.1, 0.15) is 12.3 Å². The van der Waals surface area contributed by atoms with Gasteiger partial charge in [0.2, 0.25) is 0 Å². The van der Waals surface area contributed by atoms with Gasteiger partial charge in [-0.1, -0.05) is 12.1 Å². The summed E-state index contributed by atoms with van der Waals surface area (Å²) in [6, 6.07) is 5.92. The molecule has 1 aromatic rings. The van der Waals surface area contributed by atoms with Gasteiger partial charge in [-0.3, -0.25) is 9.59 Å². The van der Waals surface area contributed by atoms with Gasteiger partial charge >= 0.3 is 5.97 Å². The first-order valence-corrected chi connectivity index (χ1v) is 3.89. The van der Waals surface area contributed by atoms with E-state index in [0.29, 0.717) is 0 Å². The van der Waals surface area contributed by atoms with Crippen molar-refractivity contribution in [2.75, 3.05) is 6.54 Å². The molecule has 0 saturated heterocycles. The van der Waals surface area contributed by atoms with Crippen LogP contribution in [0, 0.1) is 0 Å². The van der Waals surface area contributed by atoms with Crippen molar-refractivity contribution >= 4 is 24.3 Å². The van der Waals surface area contributed by atoms with E-state index in [2.05, 4.69) is 5.32 Å². The minimum Gasteiger partial charge on any atom is -0.507 e. The van der Waals surface area contributed by atoms with Crippen molar-refractivity contribution in [1.82, 2.24) is 5.32 Å². The van der Waals surface area contributed by atoms with Gasteiger partial charge in [0.25, 0.3) is 5.91 Å². The van der Waals surface area contributed by atoms with Crippen LogP contribution < -0.4 is 5.32 Å². The molecule has 1 rings (SSSR count). The number of hydrogen-bond acceptors (Lipinski definition) is 3. The second-order valence-electron chi connectivity index (χ2n) is 2.59. The van der Waals surface area contributed by atoms with Crippen molar-refractivity contribution in [3.8, 4) is 5.75 Å². The topological polar surface area (TPSA) is 86.6 Å². The molecule has 82 valence electrons. The maximum atomic E-state index is 11.2. The van der Waals surface area contributed by atoms with E-state index in [1.807, 2.05) is 0 Å². The number of halogens is 1. The van der Waals surface area contributed by atoms with E-state index in [1.165, 1.54) is 12.1 Å². The standard InChI is InChI=1S/C9H9NO4.ClH/c11-7-4-2-1-3-6(7)9(14)10-5-8(12)13;/h1-4,11H,5H2,(H,10,14)(H,12,13);1H. The van der Waals surface area contributed by atoms with Gasteiger partial charge in [0.05, 0.1) is 5.56 Å². The van der Waals surface area contributed by atoms with Gasteiger partial charge in [-0.25, -0.2) is 0 Å². The number of carboxylic acid groups (broad SMARTS) is 1. The Balaban J connectivity index is 0.00000196. The molecule has 15 heavy (non-hydrogen) atoms. The van der Waals surface area contributed by atoms with Crippen LogP contribution in [0.3, 0.4) is 0 Å². The van der Waals surface area contributed by atoms with Gasteiger partial charge in [-0.05, 0) is 12.1 Å². The van der Waals surface area contributed by atoms with Gasteiger partial charge in [0, 0.05) is 0 Å². The molecule has 0 bridgehead atoms. The van der Waals surface area contributed by atoms with Crippen LogP contribution in [0.25, 0.3) is 0 Å². The molecule has 0 unspecified atom stereocenters. The SMILES string of the molecule is Cl.O=C(O)CNC(=O)c1ccccc1O. The van der Waals surface area contributed by atoms with Crippen molar-refractivity contribution < 1.29 is 19.8 Å². The number of aromatic hydroxyl groups is 1. The third-order valence-corrected chi connectivity index (χ3v) is 1.55. The molecule has 1 aromatic carbocycles. The highest BCUT2D eigenvalue weighted by atomic mass is 35.5. The van der Waals surface area contributed by atoms with Crippen LogP contribution in [0.4, 0.5) is 0 Å². The van der Waals surface area contributed by atoms with E-state index < -0.39 is 18.4 Å². The number of benzene rings is 1. The summed E-state index contributed by atoms with van der Waals surface area (Å²) in [5, 5.41) is 19.7. The fourth-order valence-electron chi connectivity index (χ4n) is 0.917. The Bertz CT molecular complexity index is 367. The summed E-state index contributed by atoms with van der Waals surface area (Å²) in [4.78, 5) is 21.4.